The van der Waals surface area contributed by atoms with Crippen LogP contribution in [0.5, 0.6) is 0 Å². The molecule has 4 aliphatic rings. The maximum absolute atomic E-state index is 13.1. The molecule has 10 nitrogen and oxygen atoms in total. The van der Waals surface area contributed by atoms with Gasteiger partial charge in [-0.1, -0.05) is 87.4 Å². The number of aromatic amines is 2. The molecule has 3 fully saturated rings. The molecule has 2 amide bonds. The SMILES string of the molecule is C[C@H]1C[C@@H](c2ncc(-c3ccc(-c4ccc(-c5ccc(-c6cnc([C@@H]7C[C@H](C)CN7C(=O)OC(C)(C)C)[nH]6)cc5)c5c4CCC54CCCC4)cc3)[nH]2)N(C(=O)OC(C)(C)C)C1. The molecule has 2 aliphatic carbocycles. The lowest BCUT2D eigenvalue weighted by Crippen LogP contribution is -2.37. The fraction of sp³-hybridized carbons (Fsp3) is 0.490. The van der Waals surface area contributed by atoms with E-state index in [2.05, 4.69) is 84.5 Å². The van der Waals surface area contributed by atoms with Gasteiger partial charge in [0.2, 0.25) is 0 Å². The van der Waals surface area contributed by atoms with Crippen LogP contribution in [0.1, 0.15) is 135 Å². The maximum atomic E-state index is 13.1. The minimum Gasteiger partial charge on any atom is -0.444 e. The molecule has 0 radical (unpaired) electrons. The highest BCUT2D eigenvalue weighted by atomic mass is 16.6. The number of fused-ring (bicyclic) bond motifs is 2. The van der Waals surface area contributed by atoms with E-state index in [0.717, 1.165) is 53.4 Å². The van der Waals surface area contributed by atoms with Gasteiger partial charge >= 0.3 is 12.2 Å². The van der Waals surface area contributed by atoms with E-state index in [-0.39, 0.29) is 29.7 Å². The molecule has 3 aromatic carbocycles. The van der Waals surface area contributed by atoms with Gasteiger partial charge in [0.15, 0.2) is 0 Å². The van der Waals surface area contributed by atoms with Crippen molar-refractivity contribution >= 4 is 12.2 Å². The Labute approximate surface area is 360 Å². The summed E-state index contributed by atoms with van der Waals surface area (Å²) < 4.78 is 11.5. The van der Waals surface area contributed by atoms with Gasteiger partial charge in [-0.05, 0) is 142 Å². The third-order valence-electron chi connectivity index (χ3n) is 13.4. The van der Waals surface area contributed by atoms with Gasteiger partial charge in [0, 0.05) is 13.1 Å². The van der Waals surface area contributed by atoms with E-state index in [9.17, 15) is 9.59 Å². The molecule has 1 saturated carbocycles. The number of imidazole rings is 2. The molecule has 0 bridgehead atoms. The molecular weight excluding hydrogens is 761 g/mol. The molecule has 5 aromatic rings. The van der Waals surface area contributed by atoms with E-state index in [4.69, 9.17) is 19.4 Å². The second kappa shape index (κ2) is 15.5. The Bertz CT molecular complexity index is 2410. The number of rotatable bonds is 6. The number of likely N-dealkylation sites (tertiary alicyclic amines) is 2. The molecule has 2 aliphatic heterocycles. The number of nitrogens with one attached hydrogen (secondary N) is 2. The first-order valence-corrected chi connectivity index (χ1v) is 22.5. The molecule has 1 spiro atoms. The predicted octanol–water partition coefficient (Wildman–Crippen LogP) is 12.2. The van der Waals surface area contributed by atoms with Gasteiger partial charge < -0.3 is 19.4 Å². The van der Waals surface area contributed by atoms with E-state index in [1.54, 1.807) is 5.56 Å². The quantitative estimate of drug-likeness (QED) is 0.176. The van der Waals surface area contributed by atoms with Gasteiger partial charge in [0.1, 0.15) is 22.9 Å². The number of aromatic nitrogens is 4. The third kappa shape index (κ3) is 8.10. The number of amides is 2. The first-order chi connectivity index (χ1) is 29.0. The zero-order valence-corrected chi connectivity index (χ0v) is 37.2. The van der Waals surface area contributed by atoms with E-state index < -0.39 is 11.2 Å². The Morgan fingerprint density at radius 1 is 0.623 bits per heavy atom. The van der Waals surface area contributed by atoms with Gasteiger partial charge in [-0.25, -0.2) is 19.6 Å². The lowest BCUT2D eigenvalue weighted by Gasteiger charge is -2.28. The number of carbonyl (C=O) groups excluding carboxylic acids is 2. The van der Waals surface area contributed by atoms with E-state index >= 15 is 0 Å². The topological polar surface area (TPSA) is 116 Å². The van der Waals surface area contributed by atoms with Crippen LogP contribution in [0.2, 0.25) is 0 Å². The summed E-state index contributed by atoms with van der Waals surface area (Å²) in [7, 11) is 0. The van der Waals surface area contributed by atoms with Gasteiger partial charge in [0.05, 0.1) is 35.9 Å². The van der Waals surface area contributed by atoms with Crippen LogP contribution in [0.3, 0.4) is 0 Å². The Morgan fingerprint density at radius 2 is 1.05 bits per heavy atom. The Kier molecular flexibility index (Phi) is 10.4. The lowest BCUT2D eigenvalue weighted by molar-refractivity contribution is 0.0204. The summed E-state index contributed by atoms with van der Waals surface area (Å²) in [6.07, 6.45) is 12.3. The van der Waals surface area contributed by atoms with Crippen molar-refractivity contribution in [3.8, 4) is 44.8 Å². The molecule has 0 unspecified atom stereocenters. The lowest BCUT2D eigenvalue weighted by atomic mass is 9.76. The van der Waals surface area contributed by atoms with Crippen LogP contribution in [0.15, 0.2) is 73.1 Å². The molecule has 2 aromatic heterocycles. The van der Waals surface area contributed by atoms with Crippen LogP contribution >= 0.6 is 0 Å². The molecule has 10 heteroatoms. The summed E-state index contributed by atoms with van der Waals surface area (Å²) in [5.41, 5.74) is 11.4. The van der Waals surface area contributed by atoms with Crippen molar-refractivity contribution in [1.82, 2.24) is 29.7 Å². The van der Waals surface area contributed by atoms with Crippen molar-refractivity contribution < 1.29 is 19.1 Å². The van der Waals surface area contributed by atoms with Crippen molar-refractivity contribution in [2.75, 3.05) is 13.1 Å². The second-order valence-electron chi connectivity index (χ2n) is 20.5. The number of benzene rings is 3. The monoisotopic (exact) mass is 822 g/mol. The molecule has 320 valence electrons. The smallest absolute Gasteiger partial charge is 0.410 e. The molecule has 2 saturated heterocycles. The van der Waals surface area contributed by atoms with Crippen LogP contribution in [-0.2, 0) is 21.3 Å². The van der Waals surface area contributed by atoms with Crippen molar-refractivity contribution in [2.24, 2.45) is 11.8 Å². The van der Waals surface area contributed by atoms with E-state index in [0.29, 0.717) is 24.9 Å². The summed E-state index contributed by atoms with van der Waals surface area (Å²) >= 11 is 0. The summed E-state index contributed by atoms with van der Waals surface area (Å²) in [6, 6.07) is 22.3. The summed E-state index contributed by atoms with van der Waals surface area (Å²) in [5, 5.41) is 0. The number of ether oxygens (including phenoxy) is 2. The number of H-pyrrole nitrogens is 2. The van der Waals surface area contributed by atoms with Crippen LogP contribution in [0.25, 0.3) is 44.8 Å². The van der Waals surface area contributed by atoms with Gasteiger partial charge in [-0.2, -0.15) is 0 Å². The zero-order valence-electron chi connectivity index (χ0n) is 37.2. The Hall–Kier alpha value is -5.38. The fourth-order valence-electron chi connectivity index (χ4n) is 10.7. The van der Waals surface area contributed by atoms with Crippen LogP contribution in [0, 0.1) is 11.8 Å². The average Bonchev–Trinajstić information content (AvgIpc) is 4.07. The van der Waals surface area contributed by atoms with Gasteiger partial charge in [0.25, 0.3) is 0 Å². The van der Waals surface area contributed by atoms with Crippen molar-refractivity contribution in [1.29, 1.82) is 0 Å². The highest BCUT2D eigenvalue weighted by Crippen LogP contribution is 2.55. The highest BCUT2D eigenvalue weighted by molar-refractivity contribution is 5.82. The number of carbonyl (C=O) groups is 2. The average molecular weight is 823 g/mol. The predicted molar refractivity (Wildman–Crippen MR) is 240 cm³/mol. The van der Waals surface area contributed by atoms with Crippen molar-refractivity contribution in [2.45, 2.75) is 135 Å². The van der Waals surface area contributed by atoms with Gasteiger partial charge in [-0.15, -0.1) is 0 Å². The number of nitrogens with zero attached hydrogens (tertiary/aromatic N) is 4. The first-order valence-electron chi connectivity index (χ1n) is 22.5. The van der Waals surface area contributed by atoms with E-state index in [1.165, 1.54) is 59.9 Å². The van der Waals surface area contributed by atoms with Crippen LogP contribution in [-0.4, -0.2) is 66.2 Å². The minimum absolute atomic E-state index is 0.138. The zero-order chi connectivity index (χ0) is 42.8. The molecule has 4 heterocycles. The van der Waals surface area contributed by atoms with Crippen LogP contribution in [0.4, 0.5) is 9.59 Å². The van der Waals surface area contributed by atoms with Gasteiger partial charge in [-0.3, -0.25) is 9.80 Å². The standard InChI is InChI=1S/C51H62N6O4/c1-31-25-42(56(29-31)47(58)60-49(3,4)5)45-52-27-40(54-45)35-15-11-33(12-16-35)37-19-20-38(44-39(37)21-24-51(44)22-9-10-23-51)34-13-17-36(18-14-34)41-28-53-46(55-41)43-26-32(2)30-57(43)48(59)61-50(6,7)8/h11-20,27-28,31-32,42-43H,9-10,21-26,29-30H2,1-8H3,(H,52,54)(H,53,55)/t31-,32-,42-,43-/m0/s1. The summed E-state index contributed by atoms with van der Waals surface area (Å²) in [4.78, 5) is 46.6. The van der Waals surface area contributed by atoms with Crippen LogP contribution < -0.4 is 0 Å². The summed E-state index contributed by atoms with van der Waals surface area (Å²) in [6.45, 7) is 17.1. The molecule has 61 heavy (non-hydrogen) atoms. The second-order valence-corrected chi connectivity index (χ2v) is 20.5. The largest absolute Gasteiger partial charge is 0.444 e. The fourth-order valence-corrected chi connectivity index (χ4v) is 10.7. The molecule has 4 atom stereocenters. The maximum Gasteiger partial charge on any atom is 0.410 e. The Morgan fingerprint density at radius 3 is 1.51 bits per heavy atom. The number of hydrogen-bond acceptors (Lipinski definition) is 6. The molecule has 2 N–H and O–H groups in total. The van der Waals surface area contributed by atoms with E-state index in [1.807, 2.05) is 63.7 Å². The normalized spacial score (nSPS) is 22.3. The molecular formula is C51H62N6O4. The Balaban J connectivity index is 0.958. The molecule has 9 rings (SSSR count). The van der Waals surface area contributed by atoms with Crippen molar-refractivity contribution in [3.05, 3.63) is 95.8 Å². The first kappa shape index (κ1) is 41.0. The van der Waals surface area contributed by atoms with Crippen molar-refractivity contribution in [3.63, 3.8) is 0 Å². The minimum atomic E-state index is -0.551. The number of hydrogen-bond donors (Lipinski definition) is 2. The third-order valence-corrected chi connectivity index (χ3v) is 13.4. The summed E-state index contributed by atoms with van der Waals surface area (Å²) in [5.74, 6) is 2.34. The highest BCUT2D eigenvalue weighted by Gasteiger charge is 2.44.